The maximum absolute atomic E-state index is 9.73. The molecule has 0 radical (unpaired) electrons. The van der Waals surface area contributed by atoms with Gasteiger partial charge in [0.05, 0.1) is 0 Å². The number of hydrogen-bond acceptors (Lipinski definition) is 2. The van der Waals surface area contributed by atoms with Gasteiger partial charge in [-0.25, -0.2) is 0 Å². The van der Waals surface area contributed by atoms with Crippen LogP contribution < -0.4 is 0 Å². The Labute approximate surface area is 167 Å². The van der Waals surface area contributed by atoms with E-state index in [0.29, 0.717) is 12.0 Å². The third-order valence-corrected chi connectivity index (χ3v) is 5.34. The normalized spacial score (nSPS) is 11.4. The number of hydrogen-bond donors (Lipinski definition) is 2. The van der Waals surface area contributed by atoms with Gasteiger partial charge in [-0.2, -0.15) is 0 Å². The van der Waals surface area contributed by atoms with Gasteiger partial charge in [-0.05, 0) is 31.4 Å². The highest BCUT2D eigenvalue weighted by atomic mass is 16.3. The highest BCUT2D eigenvalue weighted by Crippen LogP contribution is 2.26. The van der Waals surface area contributed by atoms with Crippen LogP contribution in [0.25, 0.3) is 0 Å². The minimum absolute atomic E-state index is 0.177. The Morgan fingerprint density at radius 3 is 1.56 bits per heavy atom. The molecule has 0 aliphatic heterocycles. The second kappa shape index (κ2) is 16.7. The molecule has 0 amide bonds. The van der Waals surface area contributed by atoms with Crippen LogP contribution in [0, 0.1) is 0 Å². The SMILES string of the molecule is CCCCCCCCCCCCCCCCC=CCc1c(O)cccc1O. The van der Waals surface area contributed by atoms with Crippen molar-refractivity contribution >= 4 is 0 Å². The average Bonchev–Trinajstić information content (AvgIpc) is 2.66. The van der Waals surface area contributed by atoms with Crippen LogP contribution in [-0.4, -0.2) is 10.2 Å². The second-order valence-electron chi connectivity index (χ2n) is 7.84. The summed E-state index contributed by atoms with van der Waals surface area (Å²) in [5, 5.41) is 19.5. The van der Waals surface area contributed by atoms with Crippen LogP contribution in [-0.2, 0) is 6.42 Å². The van der Waals surface area contributed by atoms with Gasteiger partial charge < -0.3 is 10.2 Å². The fraction of sp³-hybridized carbons (Fsp3) is 0.680. The predicted molar refractivity (Wildman–Crippen MR) is 118 cm³/mol. The quantitative estimate of drug-likeness (QED) is 0.214. The molecule has 0 fully saturated rings. The van der Waals surface area contributed by atoms with Crippen LogP contribution >= 0.6 is 0 Å². The van der Waals surface area contributed by atoms with Crippen LogP contribution in [0.4, 0.5) is 0 Å². The van der Waals surface area contributed by atoms with Crippen molar-refractivity contribution in [3.8, 4) is 11.5 Å². The van der Waals surface area contributed by atoms with Crippen LogP contribution in [0.15, 0.2) is 30.4 Å². The largest absolute Gasteiger partial charge is 0.508 e. The van der Waals surface area contributed by atoms with E-state index in [1.165, 1.54) is 89.9 Å². The molecule has 0 saturated carbocycles. The summed E-state index contributed by atoms with van der Waals surface area (Å²) in [6.07, 6.45) is 25.4. The minimum atomic E-state index is 0.177. The van der Waals surface area contributed by atoms with E-state index in [-0.39, 0.29) is 11.5 Å². The summed E-state index contributed by atoms with van der Waals surface area (Å²) in [4.78, 5) is 0. The lowest BCUT2D eigenvalue weighted by Crippen LogP contribution is -1.84. The summed E-state index contributed by atoms with van der Waals surface area (Å²) < 4.78 is 0. The summed E-state index contributed by atoms with van der Waals surface area (Å²) >= 11 is 0. The van der Waals surface area contributed by atoms with Gasteiger partial charge in [-0.15, -0.1) is 0 Å². The zero-order valence-electron chi connectivity index (χ0n) is 17.6. The first kappa shape index (κ1) is 23.6. The van der Waals surface area contributed by atoms with Crippen LogP contribution in [0.2, 0.25) is 0 Å². The molecular weight excluding hydrogens is 332 g/mol. The molecule has 0 spiro atoms. The van der Waals surface area contributed by atoms with E-state index in [1.807, 2.05) is 0 Å². The second-order valence-corrected chi connectivity index (χ2v) is 7.84. The lowest BCUT2D eigenvalue weighted by Gasteiger charge is -2.04. The molecule has 2 N–H and O–H groups in total. The maximum atomic E-state index is 9.73. The number of phenols is 2. The summed E-state index contributed by atoms with van der Waals surface area (Å²) in [5.41, 5.74) is 0.620. The highest BCUT2D eigenvalue weighted by molar-refractivity contribution is 5.43. The van der Waals surface area contributed by atoms with Crippen LogP contribution in [0.3, 0.4) is 0 Å². The number of benzene rings is 1. The fourth-order valence-corrected chi connectivity index (χ4v) is 3.55. The van der Waals surface area contributed by atoms with Crippen molar-refractivity contribution in [1.82, 2.24) is 0 Å². The molecule has 27 heavy (non-hydrogen) atoms. The van der Waals surface area contributed by atoms with Gasteiger partial charge in [-0.1, -0.05) is 109 Å². The highest BCUT2D eigenvalue weighted by Gasteiger charge is 2.03. The van der Waals surface area contributed by atoms with Crippen molar-refractivity contribution in [2.45, 2.75) is 110 Å². The van der Waals surface area contributed by atoms with E-state index < -0.39 is 0 Å². The number of allylic oxidation sites excluding steroid dienone is 2. The topological polar surface area (TPSA) is 40.5 Å². The Kier molecular flexibility index (Phi) is 14.6. The van der Waals surface area contributed by atoms with Crippen molar-refractivity contribution in [2.24, 2.45) is 0 Å². The fourth-order valence-electron chi connectivity index (χ4n) is 3.55. The molecule has 2 nitrogen and oxygen atoms in total. The molecule has 0 aliphatic carbocycles. The average molecular weight is 375 g/mol. The summed E-state index contributed by atoms with van der Waals surface area (Å²) in [7, 11) is 0. The maximum Gasteiger partial charge on any atom is 0.122 e. The van der Waals surface area contributed by atoms with Crippen molar-refractivity contribution in [2.75, 3.05) is 0 Å². The molecule has 0 unspecified atom stereocenters. The van der Waals surface area contributed by atoms with Gasteiger partial charge in [0.15, 0.2) is 0 Å². The van der Waals surface area contributed by atoms with E-state index in [4.69, 9.17) is 0 Å². The van der Waals surface area contributed by atoms with Crippen molar-refractivity contribution in [1.29, 1.82) is 0 Å². The van der Waals surface area contributed by atoms with Crippen molar-refractivity contribution < 1.29 is 10.2 Å². The number of rotatable bonds is 17. The van der Waals surface area contributed by atoms with Crippen molar-refractivity contribution in [3.63, 3.8) is 0 Å². The molecule has 1 aromatic rings. The summed E-state index contributed by atoms with van der Waals surface area (Å²) in [6.45, 7) is 2.28. The lowest BCUT2D eigenvalue weighted by atomic mass is 10.0. The van der Waals surface area contributed by atoms with Gasteiger partial charge in [0, 0.05) is 5.56 Å². The zero-order valence-corrected chi connectivity index (χ0v) is 17.6. The zero-order chi connectivity index (χ0) is 19.6. The van der Waals surface area contributed by atoms with E-state index in [2.05, 4.69) is 19.1 Å². The van der Waals surface area contributed by atoms with E-state index in [1.54, 1.807) is 18.2 Å². The van der Waals surface area contributed by atoms with Crippen LogP contribution in [0.5, 0.6) is 11.5 Å². The van der Waals surface area contributed by atoms with E-state index >= 15 is 0 Å². The van der Waals surface area contributed by atoms with Gasteiger partial charge in [0.25, 0.3) is 0 Å². The Bertz CT molecular complexity index is 473. The lowest BCUT2D eigenvalue weighted by molar-refractivity contribution is 0.441. The van der Waals surface area contributed by atoms with E-state index in [0.717, 1.165) is 6.42 Å². The van der Waals surface area contributed by atoms with Gasteiger partial charge in [0.2, 0.25) is 0 Å². The molecule has 0 saturated heterocycles. The third kappa shape index (κ3) is 12.5. The molecule has 154 valence electrons. The molecule has 0 aromatic heterocycles. The molecule has 1 aromatic carbocycles. The number of unbranched alkanes of at least 4 members (excludes halogenated alkanes) is 14. The molecular formula is C25H42O2. The van der Waals surface area contributed by atoms with E-state index in [9.17, 15) is 10.2 Å². The minimum Gasteiger partial charge on any atom is -0.508 e. The molecule has 2 heteroatoms. The van der Waals surface area contributed by atoms with Crippen LogP contribution in [0.1, 0.15) is 109 Å². The molecule has 1 rings (SSSR count). The summed E-state index contributed by atoms with van der Waals surface area (Å²) in [6, 6.07) is 4.90. The first-order chi connectivity index (χ1) is 13.3. The predicted octanol–water partition coefficient (Wildman–Crippen LogP) is 8.07. The molecule has 0 bridgehead atoms. The number of phenolic OH excluding ortho intramolecular Hbond substituents is 2. The van der Waals surface area contributed by atoms with Gasteiger partial charge in [0.1, 0.15) is 11.5 Å². The Morgan fingerprint density at radius 1 is 0.630 bits per heavy atom. The Morgan fingerprint density at radius 2 is 1.07 bits per heavy atom. The van der Waals surface area contributed by atoms with Gasteiger partial charge >= 0.3 is 0 Å². The summed E-state index contributed by atoms with van der Waals surface area (Å²) in [5.74, 6) is 0.354. The first-order valence-electron chi connectivity index (χ1n) is 11.4. The standard InChI is InChI=1S/C25H42O2/c1-2-3-4-5-6-7-8-9-10-11-12-13-14-15-16-17-18-20-23-24(26)21-19-22-25(23)27/h17-19,21-22,26-27H,2-16,20H2,1H3. The van der Waals surface area contributed by atoms with Gasteiger partial charge in [-0.3, -0.25) is 0 Å². The first-order valence-corrected chi connectivity index (χ1v) is 11.4. The number of aromatic hydroxyl groups is 2. The van der Waals surface area contributed by atoms with Crippen molar-refractivity contribution in [3.05, 3.63) is 35.9 Å². The smallest absolute Gasteiger partial charge is 0.122 e. The molecule has 0 aliphatic rings. The third-order valence-electron chi connectivity index (χ3n) is 5.34. The molecule has 0 heterocycles. The molecule has 0 atom stereocenters. The monoisotopic (exact) mass is 374 g/mol. The Hall–Kier alpha value is -1.44. The Balaban J connectivity index is 1.85.